The molecule has 4 heterocycles. The van der Waals surface area contributed by atoms with Crippen molar-refractivity contribution in [3.63, 3.8) is 0 Å². The molecule has 4 rings (SSSR count). The molecule has 3 aromatic heterocycles. The molecule has 34 heavy (non-hydrogen) atoms. The van der Waals surface area contributed by atoms with Crippen LogP contribution < -0.4 is 16.0 Å². The third kappa shape index (κ3) is 5.50. The number of amides is 1. The normalized spacial score (nSPS) is 16.7. The fourth-order valence-corrected chi connectivity index (χ4v) is 3.82. The van der Waals surface area contributed by atoms with Crippen LogP contribution in [-0.4, -0.2) is 68.1 Å². The van der Waals surface area contributed by atoms with Crippen LogP contribution in [0, 0.1) is 12.8 Å². The molecule has 1 aliphatic rings. The van der Waals surface area contributed by atoms with Crippen LogP contribution in [0.4, 0.5) is 30.8 Å². The number of rotatable bonds is 8. The number of halogens is 3. The van der Waals surface area contributed by atoms with E-state index in [2.05, 4.69) is 30.4 Å². The lowest BCUT2D eigenvalue weighted by atomic mass is 9.98. The van der Waals surface area contributed by atoms with Gasteiger partial charge in [0.05, 0.1) is 24.8 Å². The fraction of sp³-hybridized carbons (Fsp3) is 0.500. The molecule has 3 aromatic rings. The molecule has 0 bridgehead atoms. The van der Waals surface area contributed by atoms with Crippen molar-refractivity contribution in [2.45, 2.75) is 32.5 Å². The van der Waals surface area contributed by atoms with E-state index in [1.54, 1.807) is 19.2 Å². The van der Waals surface area contributed by atoms with Crippen molar-refractivity contribution in [2.24, 2.45) is 11.7 Å². The number of carbonyl (C=O) groups is 1. The highest BCUT2D eigenvalue weighted by atomic mass is 19.4. The van der Waals surface area contributed by atoms with E-state index in [9.17, 15) is 18.0 Å². The molecular weight excluding hydrogens is 455 g/mol. The summed E-state index contributed by atoms with van der Waals surface area (Å²) in [7, 11) is 0. The molecule has 0 aromatic carbocycles. The monoisotopic (exact) mass is 479 g/mol. The Kier molecular flexibility index (Phi) is 6.77. The number of hydrogen-bond donors (Lipinski definition) is 2. The lowest BCUT2D eigenvalue weighted by Gasteiger charge is -2.31. The quantitative estimate of drug-likeness (QED) is 0.464. The summed E-state index contributed by atoms with van der Waals surface area (Å²) in [4.78, 5) is 31.0. The number of aromatic nitrogens is 6. The Morgan fingerprint density at radius 3 is 2.88 bits per heavy atom. The van der Waals surface area contributed by atoms with Gasteiger partial charge < -0.3 is 20.7 Å². The number of nitrogens with zero attached hydrogens (tertiary/aromatic N) is 7. The fourth-order valence-electron chi connectivity index (χ4n) is 3.82. The Labute approximate surface area is 192 Å². The highest BCUT2D eigenvalue weighted by molar-refractivity contribution is 5.90. The number of primary amides is 1. The van der Waals surface area contributed by atoms with Gasteiger partial charge in [-0.2, -0.15) is 23.3 Å². The first-order valence-electron chi connectivity index (χ1n) is 10.7. The second-order valence-corrected chi connectivity index (χ2v) is 7.95. The van der Waals surface area contributed by atoms with Crippen LogP contribution in [0.2, 0.25) is 0 Å². The molecule has 1 unspecified atom stereocenters. The van der Waals surface area contributed by atoms with Gasteiger partial charge in [-0.25, -0.2) is 15.0 Å². The van der Waals surface area contributed by atoms with E-state index in [1.807, 2.05) is 4.90 Å². The van der Waals surface area contributed by atoms with Gasteiger partial charge in [-0.15, -0.1) is 0 Å². The zero-order valence-electron chi connectivity index (χ0n) is 18.4. The molecule has 0 spiro atoms. The molecule has 1 aliphatic heterocycles. The Hall–Kier alpha value is -3.55. The van der Waals surface area contributed by atoms with Gasteiger partial charge >= 0.3 is 6.18 Å². The van der Waals surface area contributed by atoms with Crippen LogP contribution in [0.3, 0.4) is 0 Å². The van der Waals surface area contributed by atoms with Crippen LogP contribution in [0.15, 0.2) is 18.6 Å². The number of aryl methyl sites for hydroxylation is 1. The van der Waals surface area contributed by atoms with Crippen LogP contribution >= 0.6 is 0 Å². The number of anilines is 3. The highest BCUT2D eigenvalue weighted by Gasteiger charge is 2.28. The summed E-state index contributed by atoms with van der Waals surface area (Å²) >= 11 is 0. The average Bonchev–Trinajstić information content (AvgIpc) is 3.12. The maximum absolute atomic E-state index is 12.4. The van der Waals surface area contributed by atoms with Gasteiger partial charge in [0, 0.05) is 19.3 Å². The summed E-state index contributed by atoms with van der Waals surface area (Å²) in [6, 6.07) is 1.65. The molecule has 3 N–H and O–H groups in total. The van der Waals surface area contributed by atoms with Crippen LogP contribution in [0.1, 0.15) is 18.5 Å². The molecule has 182 valence electrons. The number of piperidine rings is 1. The lowest BCUT2D eigenvalue weighted by Crippen LogP contribution is -2.42. The summed E-state index contributed by atoms with van der Waals surface area (Å²) in [6.45, 7) is 1.33. The van der Waals surface area contributed by atoms with E-state index in [4.69, 9.17) is 10.5 Å². The molecule has 11 nitrogen and oxygen atoms in total. The van der Waals surface area contributed by atoms with Crippen molar-refractivity contribution in [3.8, 4) is 0 Å². The highest BCUT2D eigenvalue weighted by Crippen LogP contribution is 2.30. The van der Waals surface area contributed by atoms with E-state index < -0.39 is 12.8 Å². The van der Waals surface area contributed by atoms with Crippen molar-refractivity contribution in [1.82, 2.24) is 29.7 Å². The maximum Gasteiger partial charge on any atom is 0.411 e. The number of alkyl halides is 3. The summed E-state index contributed by atoms with van der Waals surface area (Å²) in [6.07, 6.45) is -0.00791. The summed E-state index contributed by atoms with van der Waals surface area (Å²) in [5.74, 6) is 0.560. The van der Waals surface area contributed by atoms with Crippen molar-refractivity contribution in [1.29, 1.82) is 0 Å². The van der Waals surface area contributed by atoms with Gasteiger partial charge in [0.25, 0.3) is 0 Å². The Balaban J connectivity index is 1.69. The molecule has 0 aliphatic carbocycles. The van der Waals surface area contributed by atoms with Gasteiger partial charge in [0.15, 0.2) is 5.82 Å². The third-order valence-electron chi connectivity index (χ3n) is 5.39. The molecule has 1 fully saturated rings. The van der Waals surface area contributed by atoms with Crippen LogP contribution in [-0.2, 0) is 16.1 Å². The van der Waals surface area contributed by atoms with Crippen molar-refractivity contribution in [2.75, 3.05) is 36.5 Å². The summed E-state index contributed by atoms with van der Waals surface area (Å²) in [5.41, 5.74) is 7.11. The van der Waals surface area contributed by atoms with Crippen molar-refractivity contribution in [3.05, 3.63) is 24.3 Å². The third-order valence-corrected chi connectivity index (χ3v) is 5.39. The second-order valence-electron chi connectivity index (χ2n) is 7.95. The van der Waals surface area contributed by atoms with E-state index in [0.29, 0.717) is 53.8 Å². The zero-order chi connectivity index (χ0) is 24.3. The molecule has 1 saturated heterocycles. The van der Waals surface area contributed by atoms with Crippen LogP contribution in [0.5, 0.6) is 0 Å². The van der Waals surface area contributed by atoms with Crippen molar-refractivity contribution < 1.29 is 22.7 Å². The number of nitrogens with two attached hydrogens (primary N) is 1. The molecule has 0 saturated carbocycles. The Morgan fingerprint density at radius 2 is 2.18 bits per heavy atom. The van der Waals surface area contributed by atoms with Gasteiger partial charge in [0.2, 0.25) is 11.9 Å². The lowest BCUT2D eigenvalue weighted by molar-refractivity contribution is -0.174. The van der Waals surface area contributed by atoms with E-state index in [0.717, 1.165) is 6.42 Å². The Bertz CT molecular complexity index is 1150. The van der Waals surface area contributed by atoms with Crippen molar-refractivity contribution >= 4 is 34.5 Å². The minimum absolute atomic E-state index is 0.0645. The minimum Gasteiger partial charge on any atom is -0.370 e. The number of carbonyl (C=O) groups excluding carboxylic acids is 1. The number of hydrogen-bond acceptors (Lipinski definition) is 9. The van der Waals surface area contributed by atoms with Crippen LogP contribution in [0.25, 0.3) is 11.0 Å². The topological polar surface area (TPSA) is 137 Å². The number of fused-ring (bicyclic) bond motifs is 1. The van der Waals surface area contributed by atoms with E-state index in [-0.39, 0.29) is 25.0 Å². The van der Waals surface area contributed by atoms with E-state index >= 15 is 0 Å². The first kappa shape index (κ1) is 23.6. The molecule has 1 atom stereocenters. The molecule has 14 heteroatoms. The van der Waals surface area contributed by atoms with Gasteiger partial charge in [-0.3, -0.25) is 9.48 Å². The molecular formula is C20H24F3N9O2. The SMILES string of the molecule is Cc1nn(CCOCC(F)(F)F)c2c(Nc3ccncn3)nc(N3CCCC(C(N)=O)C3)nc12. The summed E-state index contributed by atoms with van der Waals surface area (Å²) < 4.78 is 43.5. The standard InChI is InChI=1S/C20H24F3N9O2/c1-12-15-16(32(30-12)7-8-34-10-20(21,22)23)18(27-14-4-5-25-11-26-14)29-19(28-15)31-6-2-3-13(9-31)17(24)33/h4-5,11,13H,2-3,6-10H2,1H3,(H2,24,33)(H,25,26,27,28,29). The predicted octanol–water partition coefficient (Wildman–Crippen LogP) is 1.95. The number of ether oxygens (including phenoxy) is 1. The predicted molar refractivity (Wildman–Crippen MR) is 116 cm³/mol. The van der Waals surface area contributed by atoms with Gasteiger partial charge in [0.1, 0.15) is 29.8 Å². The second kappa shape index (κ2) is 9.75. The first-order valence-corrected chi connectivity index (χ1v) is 10.7. The molecule has 0 radical (unpaired) electrons. The summed E-state index contributed by atoms with van der Waals surface area (Å²) in [5, 5.41) is 7.57. The van der Waals surface area contributed by atoms with E-state index in [1.165, 1.54) is 11.0 Å². The van der Waals surface area contributed by atoms with Gasteiger partial charge in [-0.05, 0) is 25.8 Å². The largest absolute Gasteiger partial charge is 0.411 e. The zero-order valence-corrected chi connectivity index (χ0v) is 18.4. The average molecular weight is 479 g/mol. The maximum atomic E-state index is 12.4. The smallest absolute Gasteiger partial charge is 0.370 e. The minimum atomic E-state index is -4.41. The molecule has 1 amide bonds. The first-order chi connectivity index (χ1) is 16.2. The van der Waals surface area contributed by atoms with Gasteiger partial charge in [-0.1, -0.05) is 0 Å². The Morgan fingerprint density at radius 1 is 1.35 bits per heavy atom. The number of nitrogens with one attached hydrogen (secondary N) is 1.